The Morgan fingerprint density at radius 2 is 1.02 bits per heavy atom. The average molecular weight is 942 g/mol. The molecule has 2 unspecified atom stereocenters. The molecule has 4 aliphatic heterocycles. The number of nitrogens with zero attached hydrogens (tertiary/aromatic N) is 8. The predicted molar refractivity (Wildman–Crippen MR) is 227 cm³/mol. The van der Waals surface area contributed by atoms with Crippen LogP contribution in [-0.2, 0) is 58.6 Å². The Labute approximate surface area is 388 Å². The maximum Gasteiger partial charge on any atom is 0.257 e. The Morgan fingerprint density at radius 1 is 0.619 bits per heavy atom. The molecule has 4 aromatic heterocycles. The van der Waals surface area contributed by atoms with Crippen LogP contribution >= 0.6 is 0 Å². The van der Waals surface area contributed by atoms with E-state index in [1.807, 2.05) is 13.8 Å². The van der Waals surface area contributed by atoms with Crippen LogP contribution in [0.25, 0.3) is 21.9 Å². The van der Waals surface area contributed by atoms with Crippen molar-refractivity contribution in [1.82, 2.24) is 39.2 Å². The van der Waals surface area contributed by atoms with Crippen LogP contribution in [0, 0.1) is 25.5 Å². The molecule has 17 heteroatoms. The molecule has 0 amide bonds. The molecular weight excluding hydrogens is 887 g/mol. The molecule has 0 aliphatic carbocycles. The van der Waals surface area contributed by atoms with E-state index in [2.05, 4.69) is 30.1 Å². The van der Waals surface area contributed by atoms with Crippen molar-refractivity contribution in [1.29, 1.82) is 0 Å². The van der Waals surface area contributed by atoms with E-state index in [-0.39, 0.29) is 55.5 Å². The largest absolute Gasteiger partial charge is 0.385 e. The molecule has 331 valence electrons. The fourth-order valence-electron chi connectivity index (χ4n) is 9.95. The summed E-state index contributed by atoms with van der Waals surface area (Å²) in [5.41, 5.74) is 5.80. The van der Waals surface area contributed by atoms with Crippen LogP contribution in [0.2, 0.25) is 0 Å². The first-order chi connectivity index (χ1) is 30.0. The zero-order valence-corrected chi connectivity index (χ0v) is 38.8. The van der Waals surface area contributed by atoms with E-state index in [1.54, 1.807) is 21.3 Å². The van der Waals surface area contributed by atoms with Crippen LogP contribution in [0.15, 0.2) is 55.0 Å². The number of likely N-dealkylation sites (tertiary alicyclic amines) is 2. The summed E-state index contributed by atoms with van der Waals surface area (Å²) >= 11 is 0. The smallest absolute Gasteiger partial charge is 0.257 e. The van der Waals surface area contributed by atoms with Crippen LogP contribution in [-0.4, -0.2) is 88.7 Å². The summed E-state index contributed by atoms with van der Waals surface area (Å²) < 4.78 is 40.8. The summed E-state index contributed by atoms with van der Waals surface area (Å²) in [6, 6.07) is 9.16. The molecular formula is C46H54F2N8O6Y. The third-order valence-corrected chi connectivity index (χ3v) is 13.5. The van der Waals surface area contributed by atoms with Gasteiger partial charge >= 0.3 is 0 Å². The first-order valence-electron chi connectivity index (χ1n) is 22.1. The second-order valence-corrected chi connectivity index (χ2v) is 17.4. The molecule has 2 aromatic carbocycles. The first kappa shape index (κ1) is 45.5. The summed E-state index contributed by atoms with van der Waals surface area (Å²) in [6.07, 6.45) is 6.76. The number of benzene rings is 2. The Morgan fingerprint density at radius 3 is 1.41 bits per heavy atom. The van der Waals surface area contributed by atoms with Gasteiger partial charge in [-0.05, 0) is 129 Å². The van der Waals surface area contributed by atoms with E-state index in [4.69, 9.17) is 9.05 Å². The predicted octanol–water partition coefficient (Wildman–Crippen LogP) is 6.16. The van der Waals surface area contributed by atoms with Crippen LogP contribution < -0.4 is 11.1 Å². The number of aliphatic hydroxyl groups excluding tert-OH is 2. The normalized spacial score (nSPS) is 20.0. The third kappa shape index (κ3) is 9.53. The van der Waals surface area contributed by atoms with Gasteiger partial charge in [-0.2, -0.15) is 0 Å². The molecule has 63 heavy (non-hydrogen) atoms. The Kier molecular flexibility index (Phi) is 14.1. The molecule has 2 atom stereocenters. The maximum atomic E-state index is 13.4. The van der Waals surface area contributed by atoms with E-state index in [0.29, 0.717) is 73.4 Å². The van der Waals surface area contributed by atoms with Gasteiger partial charge in [-0.25, -0.2) is 18.7 Å². The minimum atomic E-state index is -0.641. The minimum absolute atomic E-state index is 0. The molecule has 8 heterocycles. The van der Waals surface area contributed by atoms with Crippen molar-refractivity contribution in [3.8, 4) is 0 Å². The molecule has 10 rings (SSSR count). The fourth-order valence-corrected chi connectivity index (χ4v) is 9.95. The number of aliphatic hydroxyl groups is 2. The average Bonchev–Trinajstić information content (AvgIpc) is 3.89. The van der Waals surface area contributed by atoms with E-state index in [1.165, 1.54) is 24.3 Å². The number of halogens is 2. The second kappa shape index (κ2) is 19.6. The van der Waals surface area contributed by atoms with Gasteiger partial charge in [-0.15, -0.1) is 0 Å². The van der Waals surface area contributed by atoms with Crippen molar-refractivity contribution >= 4 is 21.9 Å². The van der Waals surface area contributed by atoms with E-state index < -0.39 is 12.2 Å². The summed E-state index contributed by atoms with van der Waals surface area (Å²) in [7, 11) is 0. The second-order valence-electron chi connectivity index (χ2n) is 17.4. The molecule has 4 aliphatic rings. The maximum absolute atomic E-state index is 13.4. The molecule has 2 fully saturated rings. The van der Waals surface area contributed by atoms with Gasteiger partial charge in [0.05, 0.1) is 11.4 Å². The molecule has 0 spiro atoms. The van der Waals surface area contributed by atoms with Crippen molar-refractivity contribution in [3.63, 3.8) is 0 Å². The molecule has 14 nitrogen and oxygen atoms in total. The zero-order chi connectivity index (χ0) is 43.1. The van der Waals surface area contributed by atoms with Crippen molar-refractivity contribution < 1.29 is 60.7 Å². The minimum Gasteiger partial charge on any atom is -0.385 e. The van der Waals surface area contributed by atoms with Gasteiger partial charge in [0, 0.05) is 116 Å². The molecule has 0 bridgehead atoms. The van der Waals surface area contributed by atoms with Crippen LogP contribution in [0.5, 0.6) is 0 Å². The number of hydrogen-bond donors (Lipinski definition) is 2. The van der Waals surface area contributed by atoms with Gasteiger partial charge in [0.1, 0.15) is 35.5 Å². The molecule has 1 radical (unpaired) electrons. The summed E-state index contributed by atoms with van der Waals surface area (Å²) in [5, 5.41) is 30.5. The SMILES string of the molecule is Cc1nc2n(c(=O)c1CCN1CCC(c3noc4cc(F)ccc34)CC1)CCCC2O.Cc1nc2n(c(=O)c1CCN1CCC(c3noc4cc(F)ccc34)CC1)CCCC2O.[Y]. The van der Waals surface area contributed by atoms with Gasteiger partial charge in [0.25, 0.3) is 11.1 Å². The van der Waals surface area contributed by atoms with Gasteiger partial charge in [0.2, 0.25) is 0 Å². The molecule has 2 saturated heterocycles. The summed E-state index contributed by atoms with van der Waals surface area (Å²) in [4.78, 5) is 39.8. The Hall–Kier alpha value is -4.06. The monoisotopic (exact) mass is 941 g/mol. The van der Waals surface area contributed by atoms with Gasteiger partial charge in [0.15, 0.2) is 11.2 Å². The third-order valence-electron chi connectivity index (χ3n) is 13.5. The number of aromatic nitrogens is 6. The summed E-state index contributed by atoms with van der Waals surface area (Å²) in [5.74, 6) is 0.977. The standard InChI is InChI=1S/2C23H27FN4O3.Y/c2*1-14-17(23(30)28-9-2-3-19(29)22(28)25-14)8-12-27-10-6-15(7-11-27)21-18-5-4-16(24)13-20(18)31-26-21;/h2*4-5,13,15,19,29H,2-3,6-12H2,1H3;. The summed E-state index contributed by atoms with van der Waals surface area (Å²) in [6.45, 7) is 10.3. The number of aryl methyl sites for hydroxylation is 2. The van der Waals surface area contributed by atoms with E-state index in [9.17, 15) is 28.6 Å². The van der Waals surface area contributed by atoms with Gasteiger partial charge in [-0.1, -0.05) is 10.3 Å². The van der Waals surface area contributed by atoms with E-state index >= 15 is 0 Å². The van der Waals surface area contributed by atoms with Crippen LogP contribution in [0.4, 0.5) is 8.78 Å². The Balaban J connectivity index is 0.000000170. The zero-order valence-electron chi connectivity index (χ0n) is 35.9. The van der Waals surface area contributed by atoms with Crippen molar-refractivity contribution in [2.75, 3.05) is 39.3 Å². The van der Waals surface area contributed by atoms with Crippen LogP contribution in [0.1, 0.15) is 121 Å². The quantitative estimate of drug-likeness (QED) is 0.179. The molecule has 2 N–H and O–H groups in total. The van der Waals surface area contributed by atoms with Crippen molar-refractivity contribution in [2.24, 2.45) is 0 Å². The van der Waals surface area contributed by atoms with E-state index in [0.717, 1.165) is 122 Å². The number of fused-ring (bicyclic) bond motifs is 4. The van der Waals surface area contributed by atoms with Gasteiger partial charge in [-0.3, -0.25) is 18.7 Å². The Bertz CT molecular complexity index is 2520. The molecule has 0 saturated carbocycles. The number of rotatable bonds is 8. The first-order valence-corrected chi connectivity index (χ1v) is 22.1. The molecule has 6 aromatic rings. The van der Waals surface area contributed by atoms with Gasteiger partial charge < -0.3 is 29.1 Å². The van der Waals surface area contributed by atoms with Crippen LogP contribution in [0.3, 0.4) is 0 Å². The number of hydrogen-bond acceptors (Lipinski definition) is 12. The van der Waals surface area contributed by atoms with Crippen molar-refractivity contribution in [2.45, 2.75) is 115 Å². The fraction of sp³-hybridized carbons (Fsp3) is 0.522. The topological polar surface area (TPSA) is 169 Å². The van der Waals surface area contributed by atoms with Crippen molar-refractivity contribution in [3.05, 3.63) is 114 Å². The number of piperidine rings is 2.